The van der Waals surface area contributed by atoms with Gasteiger partial charge in [0.2, 0.25) is 0 Å². The molecule has 0 aliphatic carbocycles. The van der Waals surface area contributed by atoms with Crippen molar-refractivity contribution in [2.24, 2.45) is 0 Å². The van der Waals surface area contributed by atoms with Crippen molar-refractivity contribution < 1.29 is 9.18 Å². The molecule has 0 saturated carbocycles. The average molecular weight is 363 g/mol. The van der Waals surface area contributed by atoms with Crippen LogP contribution in [0.25, 0.3) is 0 Å². The molecule has 0 bridgehead atoms. The van der Waals surface area contributed by atoms with Crippen molar-refractivity contribution in [3.63, 3.8) is 0 Å². The monoisotopic (exact) mass is 361 g/mol. The Morgan fingerprint density at radius 3 is 2.53 bits per heavy atom. The number of amides is 1. The van der Waals surface area contributed by atoms with Crippen LogP contribution in [-0.4, -0.2) is 5.91 Å². The molecule has 1 amide bonds. The van der Waals surface area contributed by atoms with Crippen molar-refractivity contribution >= 4 is 50.7 Å². The van der Waals surface area contributed by atoms with E-state index in [1.807, 2.05) is 0 Å². The zero-order chi connectivity index (χ0) is 14.0. The smallest absolute Gasteiger partial charge is 0.255 e. The third-order valence-corrected chi connectivity index (χ3v) is 3.83. The van der Waals surface area contributed by atoms with Crippen LogP contribution in [0.3, 0.4) is 0 Å². The Labute approximate surface area is 127 Å². The Balaban J connectivity index is 2.23. The summed E-state index contributed by atoms with van der Waals surface area (Å²) in [7, 11) is 0. The standard InChI is InChI=1S/C13H7BrCl2FNO/c14-9-3-1-7(5-10(9)16)13(19)18-12-4-2-8(15)6-11(12)17/h1-6H,(H,18,19). The highest BCUT2D eigenvalue weighted by molar-refractivity contribution is 9.10. The zero-order valence-corrected chi connectivity index (χ0v) is 12.5. The highest BCUT2D eigenvalue weighted by atomic mass is 79.9. The summed E-state index contributed by atoms with van der Waals surface area (Å²) in [4.78, 5) is 11.9. The molecule has 98 valence electrons. The van der Waals surface area contributed by atoms with Gasteiger partial charge in [0.25, 0.3) is 5.91 Å². The minimum Gasteiger partial charge on any atom is -0.319 e. The number of hydrogen-bond donors (Lipinski definition) is 1. The lowest BCUT2D eigenvalue weighted by atomic mass is 10.2. The SMILES string of the molecule is O=C(Nc1ccc(Cl)cc1F)c1ccc(Br)c(Cl)c1. The van der Waals surface area contributed by atoms with Crippen LogP contribution in [-0.2, 0) is 0 Å². The normalized spacial score (nSPS) is 10.3. The molecule has 2 nitrogen and oxygen atoms in total. The summed E-state index contributed by atoms with van der Waals surface area (Å²) in [5.41, 5.74) is 0.399. The van der Waals surface area contributed by atoms with E-state index >= 15 is 0 Å². The molecule has 0 heterocycles. The third-order valence-electron chi connectivity index (χ3n) is 2.36. The van der Waals surface area contributed by atoms with Gasteiger partial charge in [-0.3, -0.25) is 4.79 Å². The van der Waals surface area contributed by atoms with Crippen molar-refractivity contribution in [3.05, 3.63) is 62.3 Å². The van der Waals surface area contributed by atoms with E-state index in [0.29, 0.717) is 15.1 Å². The quantitative estimate of drug-likeness (QED) is 0.786. The predicted molar refractivity (Wildman–Crippen MR) is 78.5 cm³/mol. The van der Waals surface area contributed by atoms with Gasteiger partial charge in [-0.15, -0.1) is 0 Å². The maximum Gasteiger partial charge on any atom is 0.255 e. The number of hydrogen-bond acceptors (Lipinski definition) is 1. The molecule has 19 heavy (non-hydrogen) atoms. The van der Waals surface area contributed by atoms with Crippen LogP contribution < -0.4 is 5.32 Å². The Kier molecular flexibility index (Phi) is 4.45. The highest BCUT2D eigenvalue weighted by Crippen LogP contribution is 2.24. The summed E-state index contributed by atoms with van der Waals surface area (Å²) in [5.74, 6) is -1.04. The Hall–Kier alpha value is -1.10. The Bertz CT molecular complexity index is 649. The summed E-state index contributed by atoms with van der Waals surface area (Å²) in [6.07, 6.45) is 0. The fraction of sp³-hybridized carbons (Fsp3) is 0. The topological polar surface area (TPSA) is 29.1 Å². The van der Waals surface area contributed by atoms with Gasteiger partial charge in [-0.2, -0.15) is 0 Å². The fourth-order valence-electron chi connectivity index (χ4n) is 1.42. The summed E-state index contributed by atoms with van der Waals surface area (Å²) >= 11 is 14.8. The molecule has 0 spiro atoms. The maximum absolute atomic E-state index is 13.5. The summed E-state index contributed by atoms with van der Waals surface area (Å²) in [6, 6.07) is 8.75. The first kappa shape index (κ1) is 14.3. The minimum absolute atomic E-state index is 0.0634. The Morgan fingerprint density at radius 2 is 1.89 bits per heavy atom. The van der Waals surface area contributed by atoms with Crippen molar-refractivity contribution in [2.45, 2.75) is 0 Å². The second kappa shape index (κ2) is 5.90. The molecular weight excluding hydrogens is 356 g/mol. The first-order valence-corrected chi connectivity index (χ1v) is 6.74. The molecule has 2 rings (SSSR count). The number of halogens is 4. The van der Waals surface area contributed by atoms with Crippen LogP contribution in [0, 0.1) is 5.82 Å². The molecule has 2 aromatic carbocycles. The molecular formula is C13H7BrCl2FNO. The van der Waals surface area contributed by atoms with Crippen molar-refractivity contribution in [3.8, 4) is 0 Å². The fourth-order valence-corrected chi connectivity index (χ4v) is 2.01. The van der Waals surface area contributed by atoms with Gasteiger partial charge >= 0.3 is 0 Å². The van der Waals surface area contributed by atoms with Crippen molar-refractivity contribution in [1.29, 1.82) is 0 Å². The maximum atomic E-state index is 13.5. The van der Waals surface area contributed by atoms with Crippen LogP contribution in [0.2, 0.25) is 10.0 Å². The molecule has 0 radical (unpaired) electrons. The molecule has 1 N–H and O–H groups in total. The number of anilines is 1. The van der Waals surface area contributed by atoms with Crippen molar-refractivity contribution in [1.82, 2.24) is 0 Å². The van der Waals surface area contributed by atoms with E-state index in [2.05, 4.69) is 21.2 Å². The van der Waals surface area contributed by atoms with Crippen LogP contribution in [0.5, 0.6) is 0 Å². The van der Waals surface area contributed by atoms with Crippen LogP contribution in [0.1, 0.15) is 10.4 Å². The number of carbonyl (C=O) groups excluding carboxylic acids is 1. The van der Waals surface area contributed by atoms with Crippen LogP contribution in [0.4, 0.5) is 10.1 Å². The highest BCUT2D eigenvalue weighted by Gasteiger charge is 2.11. The number of carbonyl (C=O) groups is 1. The van der Waals surface area contributed by atoms with Gasteiger partial charge in [0, 0.05) is 15.1 Å². The number of rotatable bonds is 2. The van der Waals surface area contributed by atoms with E-state index in [4.69, 9.17) is 23.2 Å². The van der Waals surface area contributed by atoms with Gasteiger partial charge in [0.15, 0.2) is 0 Å². The summed E-state index contributed by atoms with van der Waals surface area (Å²) < 4.78 is 14.2. The minimum atomic E-state index is -0.593. The molecule has 0 saturated heterocycles. The second-order valence-electron chi connectivity index (χ2n) is 3.71. The van der Waals surface area contributed by atoms with E-state index in [1.54, 1.807) is 12.1 Å². The first-order valence-electron chi connectivity index (χ1n) is 5.19. The van der Waals surface area contributed by atoms with E-state index < -0.39 is 11.7 Å². The van der Waals surface area contributed by atoms with Crippen LogP contribution >= 0.6 is 39.1 Å². The van der Waals surface area contributed by atoms with E-state index in [1.165, 1.54) is 18.2 Å². The average Bonchev–Trinajstić information content (AvgIpc) is 2.36. The molecule has 0 unspecified atom stereocenters. The van der Waals surface area contributed by atoms with Crippen molar-refractivity contribution in [2.75, 3.05) is 5.32 Å². The van der Waals surface area contributed by atoms with E-state index in [0.717, 1.165) is 6.07 Å². The molecule has 0 atom stereocenters. The molecule has 0 aliphatic heterocycles. The summed E-state index contributed by atoms with van der Waals surface area (Å²) in [6.45, 7) is 0. The predicted octanol–water partition coefficient (Wildman–Crippen LogP) is 5.15. The molecule has 2 aromatic rings. The lowest BCUT2D eigenvalue weighted by Gasteiger charge is -2.07. The van der Waals surface area contributed by atoms with Gasteiger partial charge < -0.3 is 5.32 Å². The molecule has 0 aliphatic rings. The van der Waals surface area contributed by atoms with Gasteiger partial charge in [-0.1, -0.05) is 23.2 Å². The van der Waals surface area contributed by atoms with Gasteiger partial charge in [0.1, 0.15) is 5.82 Å². The number of benzene rings is 2. The molecule has 6 heteroatoms. The van der Waals surface area contributed by atoms with E-state index in [9.17, 15) is 9.18 Å². The lowest BCUT2D eigenvalue weighted by Crippen LogP contribution is -2.12. The third kappa shape index (κ3) is 3.47. The van der Waals surface area contributed by atoms with Crippen LogP contribution in [0.15, 0.2) is 40.9 Å². The zero-order valence-electron chi connectivity index (χ0n) is 9.38. The first-order chi connectivity index (χ1) is 8.97. The van der Waals surface area contributed by atoms with Gasteiger partial charge in [-0.05, 0) is 52.3 Å². The van der Waals surface area contributed by atoms with Gasteiger partial charge in [-0.25, -0.2) is 4.39 Å². The Morgan fingerprint density at radius 1 is 1.16 bits per heavy atom. The lowest BCUT2D eigenvalue weighted by molar-refractivity contribution is 0.102. The second-order valence-corrected chi connectivity index (χ2v) is 5.41. The largest absolute Gasteiger partial charge is 0.319 e. The van der Waals surface area contributed by atoms with E-state index in [-0.39, 0.29) is 10.7 Å². The van der Waals surface area contributed by atoms with Gasteiger partial charge in [0.05, 0.1) is 10.7 Å². The molecule has 0 aromatic heterocycles. The number of nitrogens with one attached hydrogen (secondary N) is 1. The summed E-state index contributed by atoms with van der Waals surface area (Å²) in [5, 5.41) is 3.13. The molecule has 0 fully saturated rings.